The number of carbonyl (C=O) groups is 1. The minimum atomic E-state index is -0.364. The maximum Gasteiger partial charge on any atom is 0.248 e. The monoisotopic (exact) mass is 272 g/mol. The smallest absolute Gasteiger partial charge is 0.248 e. The molecule has 1 aromatic carbocycles. The number of carbonyl (C=O) groups excluding carboxylic acids is 1. The van der Waals surface area contributed by atoms with Crippen LogP contribution in [-0.4, -0.2) is 11.9 Å². The van der Waals surface area contributed by atoms with Gasteiger partial charge in [0.25, 0.3) is 0 Å². The fourth-order valence-corrected chi connectivity index (χ4v) is 3.97. The molecule has 1 spiro atoms. The fourth-order valence-electron chi connectivity index (χ4n) is 3.97. The van der Waals surface area contributed by atoms with E-state index in [9.17, 15) is 4.79 Å². The third kappa shape index (κ3) is 2.82. The van der Waals surface area contributed by atoms with Crippen LogP contribution in [0, 0.1) is 5.41 Å². The zero-order valence-electron chi connectivity index (χ0n) is 12.0. The second kappa shape index (κ2) is 5.47. The molecule has 0 unspecified atom stereocenters. The molecule has 20 heavy (non-hydrogen) atoms. The van der Waals surface area contributed by atoms with Gasteiger partial charge >= 0.3 is 0 Å². The Morgan fingerprint density at radius 3 is 2.20 bits per heavy atom. The van der Waals surface area contributed by atoms with Gasteiger partial charge in [0.05, 0.1) is 0 Å². The Bertz CT molecular complexity index is 464. The number of amides is 1. The first-order valence-electron chi connectivity index (χ1n) is 7.83. The molecule has 0 heterocycles. The van der Waals surface area contributed by atoms with Crippen molar-refractivity contribution in [3.8, 4) is 0 Å². The summed E-state index contributed by atoms with van der Waals surface area (Å²) in [5, 5.41) is 3.60. The lowest BCUT2D eigenvalue weighted by Crippen LogP contribution is -2.31. The van der Waals surface area contributed by atoms with E-state index in [1.807, 2.05) is 12.1 Å². The van der Waals surface area contributed by atoms with Crippen molar-refractivity contribution in [3.63, 3.8) is 0 Å². The number of rotatable bonds is 3. The average molecular weight is 272 g/mol. The van der Waals surface area contributed by atoms with Crippen LogP contribution in [-0.2, 0) is 0 Å². The number of benzene rings is 1. The summed E-state index contributed by atoms with van der Waals surface area (Å²) in [6.45, 7) is 0. The summed E-state index contributed by atoms with van der Waals surface area (Å²) in [6, 6.07) is 8.10. The van der Waals surface area contributed by atoms with E-state index < -0.39 is 0 Å². The Morgan fingerprint density at radius 2 is 1.65 bits per heavy atom. The van der Waals surface area contributed by atoms with Gasteiger partial charge in [-0.3, -0.25) is 4.79 Å². The van der Waals surface area contributed by atoms with Crippen molar-refractivity contribution in [1.29, 1.82) is 0 Å². The van der Waals surface area contributed by atoms with Gasteiger partial charge in [-0.2, -0.15) is 0 Å². The van der Waals surface area contributed by atoms with Gasteiger partial charge in [0.1, 0.15) is 0 Å². The third-order valence-electron chi connectivity index (χ3n) is 5.25. The molecule has 0 aliphatic heterocycles. The van der Waals surface area contributed by atoms with Crippen LogP contribution in [0.2, 0.25) is 0 Å². The van der Waals surface area contributed by atoms with E-state index in [0.29, 0.717) is 17.0 Å². The van der Waals surface area contributed by atoms with E-state index in [1.165, 1.54) is 51.4 Å². The average Bonchev–Trinajstić information content (AvgIpc) is 2.91. The number of nitrogens with one attached hydrogen (secondary N) is 1. The predicted molar refractivity (Wildman–Crippen MR) is 81.7 cm³/mol. The van der Waals surface area contributed by atoms with Crippen molar-refractivity contribution in [1.82, 2.24) is 0 Å². The molecule has 3 nitrogen and oxygen atoms in total. The standard InChI is InChI=1S/C17H24N2O/c18-16(20)13-3-5-14(6-4-13)19-15-7-11-17(12-8-15)9-1-2-10-17/h3-6,15,19H,1-2,7-12H2,(H2,18,20). The summed E-state index contributed by atoms with van der Waals surface area (Å²) < 4.78 is 0. The maximum atomic E-state index is 11.0. The highest BCUT2D eigenvalue weighted by molar-refractivity contribution is 5.93. The van der Waals surface area contributed by atoms with Crippen LogP contribution in [0.5, 0.6) is 0 Å². The molecule has 1 amide bonds. The molecular formula is C17H24N2O. The molecular weight excluding hydrogens is 248 g/mol. The molecule has 0 radical (unpaired) electrons. The van der Waals surface area contributed by atoms with Gasteiger partial charge in [-0.25, -0.2) is 0 Å². The second-order valence-electron chi connectivity index (χ2n) is 6.57. The van der Waals surface area contributed by atoms with Crippen molar-refractivity contribution < 1.29 is 4.79 Å². The van der Waals surface area contributed by atoms with E-state index in [1.54, 1.807) is 12.1 Å². The van der Waals surface area contributed by atoms with Crippen LogP contribution in [0.3, 0.4) is 0 Å². The molecule has 2 aliphatic carbocycles. The molecule has 0 atom stereocenters. The van der Waals surface area contributed by atoms with E-state index in [4.69, 9.17) is 5.73 Å². The van der Waals surface area contributed by atoms with Gasteiger partial charge in [-0.1, -0.05) is 12.8 Å². The second-order valence-corrected chi connectivity index (χ2v) is 6.57. The van der Waals surface area contributed by atoms with Crippen LogP contribution in [0.1, 0.15) is 61.7 Å². The SMILES string of the molecule is NC(=O)c1ccc(NC2CCC3(CCCC3)CC2)cc1. The van der Waals surface area contributed by atoms with E-state index in [-0.39, 0.29) is 5.91 Å². The maximum absolute atomic E-state index is 11.0. The molecule has 3 rings (SSSR count). The number of hydrogen-bond acceptors (Lipinski definition) is 2. The normalized spacial score (nSPS) is 22.0. The molecule has 2 aliphatic rings. The molecule has 0 saturated heterocycles. The van der Waals surface area contributed by atoms with Crippen LogP contribution in [0.25, 0.3) is 0 Å². The number of nitrogens with two attached hydrogens (primary N) is 1. The van der Waals surface area contributed by atoms with Crippen molar-refractivity contribution in [3.05, 3.63) is 29.8 Å². The summed E-state index contributed by atoms with van der Waals surface area (Å²) in [6.07, 6.45) is 11.1. The largest absolute Gasteiger partial charge is 0.382 e. The highest BCUT2D eigenvalue weighted by atomic mass is 16.1. The van der Waals surface area contributed by atoms with Crippen LogP contribution >= 0.6 is 0 Å². The highest BCUT2D eigenvalue weighted by Gasteiger charge is 2.37. The molecule has 3 N–H and O–H groups in total. The minimum Gasteiger partial charge on any atom is -0.382 e. The number of hydrogen-bond donors (Lipinski definition) is 2. The molecule has 2 fully saturated rings. The first kappa shape index (κ1) is 13.5. The Kier molecular flexibility index (Phi) is 3.68. The van der Waals surface area contributed by atoms with Gasteiger partial charge in [0.15, 0.2) is 0 Å². The summed E-state index contributed by atoms with van der Waals surface area (Å²) in [4.78, 5) is 11.0. The lowest BCUT2D eigenvalue weighted by molar-refractivity contribution is 0.100. The zero-order valence-corrected chi connectivity index (χ0v) is 12.0. The van der Waals surface area contributed by atoms with Crippen molar-refractivity contribution in [2.75, 3.05) is 5.32 Å². The summed E-state index contributed by atoms with van der Waals surface area (Å²) in [5.41, 5.74) is 7.62. The molecule has 0 aromatic heterocycles. The molecule has 3 heteroatoms. The molecule has 2 saturated carbocycles. The lowest BCUT2D eigenvalue weighted by atomic mass is 9.71. The topological polar surface area (TPSA) is 55.1 Å². The molecule has 108 valence electrons. The van der Waals surface area contributed by atoms with Gasteiger partial charge in [-0.15, -0.1) is 0 Å². The zero-order chi connectivity index (χ0) is 14.0. The van der Waals surface area contributed by atoms with E-state index in [2.05, 4.69) is 5.32 Å². The fraction of sp³-hybridized carbons (Fsp3) is 0.588. The minimum absolute atomic E-state index is 0.364. The molecule has 1 aromatic rings. The predicted octanol–water partition coefficient (Wildman–Crippen LogP) is 3.70. The Balaban J connectivity index is 1.55. The van der Waals surface area contributed by atoms with Crippen molar-refractivity contribution in [2.24, 2.45) is 11.1 Å². The first-order chi connectivity index (χ1) is 9.67. The number of primary amides is 1. The van der Waals surface area contributed by atoms with Crippen molar-refractivity contribution >= 4 is 11.6 Å². The van der Waals surface area contributed by atoms with Crippen LogP contribution < -0.4 is 11.1 Å². The third-order valence-corrected chi connectivity index (χ3v) is 5.25. The highest BCUT2D eigenvalue weighted by Crippen LogP contribution is 2.49. The Hall–Kier alpha value is -1.51. The summed E-state index contributed by atoms with van der Waals surface area (Å²) >= 11 is 0. The van der Waals surface area contributed by atoms with E-state index >= 15 is 0 Å². The summed E-state index contributed by atoms with van der Waals surface area (Å²) in [7, 11) is 0. The van der Waals surface area contributed by atoms with Gasteiger partial charge in [-0.05, 0) is 68.2 Å². The summed E-state index contributed by atoms with van der Waals surface area (Å²) in [5.74, 6) is -0.364. The van der Waals surface area contributed by atoms with Gasteiger partial charge in [0, 0.05) is 17.3 Å². The van der Waals surface area contributed by atoms with Gasteiger partial charge in [0.2, 0.25) is 5.91 Å². The quantitative estimate of drug-likeness (QED) is 0.881. The number of anilines is 1. The Morgan fingerprint density at radius 1 is 1.05 bits per heavy atom. The first-order valence-corrected chi connectivity index (χ1v) is 7.83. The van der Waals surface area contributed by atoms with E-state index in [0.717, 1.165) is 5.69 Å². The van der Waals surface area contributed by atoms with Crippen LogP contribution in [0.4, 0.5) is 5.69 Å². The lowest BCUT2D eigenvalue weighted by Gasteiger charge is -2.37. The van der Waals surface area contributed by atoms with Crippen LogP contribution in [0.15, 0.2) is 24.3 Å². The van der Waals surface area contributed by atoms with Crippen molar-refractivity contribution in [2.45, 2.75) is 57.4 Å². The van der Waals surface area contributed by atoms with Gasteiger partial charge < -0.3 is 11.1 Å². The Labute approximate surface area is 120 Å². The molecule has 0 bridgehead atoms.